The molecule has 0 bridgehead atoms. The number of rotatable bonds is 4. The van der Waals surface area contributed by atoms with E-state index < -0.39 is 0 Å². The van der Waals surface area contributed by atoms with E-state index in [9.17, 15) is 0 Å². The average Bonchev–Trinajstić information content (AvgIpc) is 3.13. The van der Waals surface area contributed by atoms with Crippen LogP contribution in [0.1, 0.15) is 42.3 Å². The number of aryl methyl sites for hydroxylation is 1. The maximum absolute atomic E-state index is 4.61. The van der Waals surface area contributed by atoms with Crippen LogP contribution in [0.2, 0.25) is 0 Å². The zero-order chi connectivity index (χ0) is 17.5. The summed E-state index contributed by atoms with van der Waals surface area (Å²) in [6, 6.07) is 2.10. The maximum atomic E-state index is 4.61. The van der Waals surface area contributed by atoms with Gasteiger partial charge in [-0.1, -0.05) is 6.42 Å². The summed E-state index contributed by atoms with van der Waals surface area (Å²) in [7, 11) is 0. The van der Waals surface area contributed by atoms with E-state index in [1.54, 1.807) is 6.33 Å². The van der Waals surface area contributed by atoms with Gasteiger partial charge in [0.25, 0.3) is 0 Å². The molecule has 3 fully saturated rings. The monoisotopic (exact) mass is 350 g/mol. The predicted octanol–water partition coefficient (Wildman–Crippen LogP) is 2.41. The number of aromatic nitrogens is 4. The summed E-state index contributed by atoms with van der Waals surface area (Å²) in [6.07, 6.45) is 9.63. The van der Waals surface area contributed by atoms with Crippen molar-refractivity contribution in [3.63, 3.8) is 0 Å². The number of nitrogens with zero attached hydrogens (tertiary/aromatic N) is 6. The Morgan fingerprint density at radius 3 is 2.31 bits per heavy atom. The van der Waals surface area contributed by atoms with Gasteiger partial charge in [-0.15, -0.1) is 0 Å². The summed E-state index contributed by atoms with van der Waals surface area (Å²) in [5.74, 6) is 4.22. The second-order valence-electron chi connectivity index (χ2n) is 8.21. The highest BCUT2D eigenvalue weighted by atomic mass is 15.3. The number of hydrogen-bond donors (Lipinski definition) is 0. The summed E-state index contributed by atoms with van der Waals surface area (Å²) in [6.45, 7) is 7.54. The quantitative estimate of drug-likeness (QED) is 0.844. The highest BCUT2D eigenvalue weighted by molar-refractivity contribution is 5.40. The predicted molar refractivity (Wildman–Crippen MR) is 99.9 cm³/mol. The van der Waals surface area contributed by atoms with Gasteiger partial charge >= 0.3 is 0 Å². The molecule has 2 saturated heterocycles. The highest BCUT2D eigenvalue weighted by Gasteiger charge is 2.40. The Bertz CT molecular complexity index is 758. The Morgan fingerprint density at radius 2 is 1.69 bits per heavy atom. The molecule has 5 rings (SSSR count). The topological polar surface area (TPSA) is 58.0 Å². The molecule has 0 N–H and O–H groups in total. The third-order valence-corrected chi connectivity index (χ3v) is 6.28. The van der Waals surface area contributed by atoms with Crippen molar-refractivity contribution < 1.29 is 0 Å². The standard InChI is InChI=1S/C20H26N6/c1-14-5-19(24-13-23-14)26-11-17-9-25(10-18(17)12-26)8-15-6-21-20(22-7-15)16-3-2-4-16/h5-7,13,16-18H,2-4,8-12H2,1H3. The lowest BCUT2D eigenvalue weighted by Gasteiger charge is -2.24. The van der Waals surface area contributed by atoms with Crippen LogP contribution in [0.15, 0.2) is 24.8 Å². The lowest BCUT2D eigenvalue weighted by Crippen LogP contribution is -2.29. The van der Waals surface area contributed by atoms with Gasteiger partial charge in [0.05, 0.1) is 0 Å². The zero-order valence-electron chi connectivity index (χ0n) is 15.4. The third kappa shape index (κ3) is 3.07. The molecule has 3 aliphatic rings. The molecule has 2 aromatic rings. The molecule has 6 nitrogen and oxygen atoms in total. The average molecular weight is 350 g/mol. The van der Waals surface area contributed by atoms with E-state index in [0.29, 0.717) is 5.92 Å². The van der Waals surface area contributed by atoms with E-state index in [4.69, 9.17) is 0 Å². The van der Waals surface area contributed by atoms with E-state index >= 15 is 0 Å². The molecule has 2 aromatic heterocycles. The van der Waals surface area contributed by atoms with E-state index in [2.05, 4.69) is 35.8 Å². The van der Waals surface area contributed by atoms with Crippen molar-refractivity contribution in [1.29, 1.82) is 0 Å². The molecule has 0 spiro atoms. The van der Waals surface area contributed by atoms with Crippen LogP contribution in [0.5, 0.6) is 0 Å². The van der Waals surface area contributed by atoms with Crippen LogP contribution in [-0.2, 0) is 6.54 Å². The lowest BCUT2D eigenvalue weighted by molar-refractivity contribution is 0.307. The molecule has 1 saturated carbocycles. The second kappa shape index (κ2) is 6.58. The zero-order valence-corrected chi connectivity index (χ0v) is 15.4. The fourth-order valence-corrected chi connectivity index (χ4v) is 4.60. The maximum Gasteiger partial charge on any atom is 0.132 e. The van der Waals surface area contributed by atoms with Crippen molar-refractivity contribution >= 4 is 5.82 Å². The first-order valence-electron chi connectivity index (χ1n) is 9.81. The molecule has 0 aromatic carbocycles. The number of likely N-dealkylation sites (tertiary alicyclic amines) is 1. The third-order valence-electron chi connectivity index (χ3n) is 6.28. The van der Waals surface area contributed by atoms with Crippen LogP contribution < -0.4 is 4.90 Å². The first-order chi connectivity index (χ1) is 12.7. The van der Waals surface area contributed by atoms with Crippen LogP contribution in [0, 0.1) is 18.8 Å². The fraction of sp³-hybridized carbons (Fsp3) is 0.600. The van der Waals surface area contributed by atoms with Crippen molar-refractivity contribution in [2.75, 3.05) is 31.1 Å². The molecular weight excluding hydrogens is 324 g/mol. The number of hydrogen-bond acceptors (Lipinski definition) is 6. The molecule has 2 atom stereocenters. The van der Waals surface area contributed by atoms with Gasteiger partial charge in [0.2, 0.25) is 0 Å². The molecule has 2 unspecified atom stereocenters. The largest absolute Gasteiger partial charge is 0.356 e. The summed E-state index contributed by atoms with van der Waals surface area (Å²) in [5.41, 5.74) is 2.29. The van der Waals surface area contributed by atoms with Gasteiger partial charge in [-0.3, -0.25) is 4.90 Å². The fourth-order valence-electron chi connectivity index (χ4n) is 4.60. The van der Waals surface area contributed by atoms with E-state index in [0.717, 1.165) is 61.9 Å². The number of fused-ring (bicyclic) bond motifs is 1. The van der Waals surface area contributed by atoms with Crippen LogP contribution >= 0.6 is 0 Å². The van der Waals surface area contributed by atoms with Crippen LogP contribution in [0.3, 0.4) is 0 Å². The van der Waals surface area contributed by atoms with Crippen LogP contribution in [0.4, 0.5) is 5.82 Å². The highest BCUT2D eigenvalue weighted by Crippen LogP contribution is 2.35. The first kappa shape index (κ1) is 16.1. The lowest BCUT2D eigenvalue weighted by atomic mass is 9.85. The minimum absolute atomic E-state index is 0.617. The van der Waals surface area contributed by atoms with Crippen molar-refractivity contribution in [3.8, 4) is 0 Å². The SMILES string of the molecule is Cc1cc(N2CC3CN(Cc4cnc(C5CCC5)nc4)CC3C2)ncn1. The van der Waals surface area contributed by atoms with Gasteiger partial charge in [-0.2, -0.15) is 0 Å². The summed E-state index contributed by atoms with van der Waals surface area (Å²) in [5, 5.41) is 0. The van der Waals surface area contributed by atoms with Crippen molar-refractivity contribution in [2.45, 2.75) is 38.6 Å². The van der Waals surface area contributed by atoms with Crippen LogP contribution in [-0.4, -0.2) is 51.0 Å². The minimum Gasteiger partial charge on any atom is -0.356 e. The van der Waals surface area contributed by atoms with Crippen molar-refractivity contribution in [1.82, 2.24) is 24.8 Å². The smallest absolute Gasteiger partial charge is 0.132 e. The number of anilines is 1. The van der Waals surface area contributed by atoms with E-state index in [1.807, 2.05) is 19.3 Å². The van der Waals surface area contributed by atoms with E-state index in [-0.39, 0.29) is 0 Å². The molecule has 4 heterocycles. The van der Waals surface area contributed by atoms with Gasteiger partial charge < -0.3 is 4.90 Å². The van der Waals surface area contributed by atoms with Crippen molar-refractivity contribution in [3.05, 3.63) is 41.9 Å². The molecule has 2 aliphatic heterocycles. The normalized spacial score (nSPS) is 26.1. The first-order valence-corrected chi connectivity index (χ1v) is 9.81. The van der Waals surface area contributed by atoms with Crippen molar-refractivity contribution in [2.24, 2.45) is 11.8 Å². The van der Waals surface area contributed by atoms with Gasteiger partial charge in [0, 0.05) is 68.4 Å². The molecular formula is C20H26N6. The summed E-state index contributed by atoms with van der Waals surface area (Å²) >= 11 is 0. The Hall–Kier alpha value is -2.08. The molecule has 136 valence electrons. The summed E-state index contributed by atoms with van der Waals surface area (Å²) < 4.78 is 0. The second-order valence-corrected chi connectivity index (χ2v) is 8.21. The van der Waals surface area contributed by atoms with Crippen LogP contribution in [0.25, 0.3) is 0 Å². The molecule has 26 heavy (non-hydrogen) atoms. The Labute approximate surface area is 154 Å². The Morgan fingerprint density at radius 1 is 0.962 bits per heavy atom. The Kier molecular flexibility index (Phi) is 4.08. The molecule has 1 aliphatic carbocycles. The molecule has 0 amide bonds. The van der Waals surface area contributed by atoms with Gasteiger partial charge in [0.1, 0.15) is 18.0 Å². The Balaban J connectivity index is 1.18. The minimum atomic E-state index is 0.617. The van der Waals surface area contributed by atoms with Gasteiger partial charge in [-0.25, -0.2) is 19.9 Å². The molecule has 6 heteroatoms. The molecule has 0 radical (unpaired) electrons. The van der Waals surface area contributed by atoms with E-state index in [1.165, 1.54) is 24.8 Å². The van der Waals surface area contributed by atoms with Gasteiger partial charge in [0.15, 0.2) is 0 Å². The summed E-state index contributed by atoms with van der Waals surface area (Å²) in [4.78, 5) is 22.9. The van der Waals surface area contributed by atoms with Gasteiger partial charge in [-0.05, 0) is 31.6 Å².